The van der Waals surface area contributed by atoms with E-state index in [0.29, 0.717) is 42.6 Å². The molecule has 1 aromatic heterocycles. The number of carbonyl (C=O) groups excluding carboxylic acids is 1. The van der Waals surface area contributed by atoms with E-state index in [9.17, 15) is 4.79 Å². The third-order valence-corrected chi connectivity index (χ3v) is 4.32. The van der Waals surface area contributed by atoms with Crippen molar-refractivity contribution in [2.24, 2.45) is 0 Å². The maximum Gasteiger partial charge on any atom is 0.272 e. The van der Waals surface area contributed by atoms with E-state index in [2.05, 4.69) is 21.9 Å². The number of amides is 1. The third-order valence-electron chi connectivity index (χ3n) is 4.32. The van der Waals surface area contributed by atoms with Crippen LogP contribution in [0, 0.1) is 0 Å². The first-order valence-corrected chi connectivity index (χ1v) is 8.36. The van der Waals surface area contributed by atoms with Crippen LogP contribution < -0.4 is 14.8 Å². The fourth-order valence-electron chi connectivity index (χ4n) is 2.97. The molecule has 1 amide bonds. The zero-order valence-corrected chi connectivity index (χ0v) is 15.0. The van der Waals surface area contributed by atoms with Crippen molar-refractivity contribution in [1.82, 2.24) is 14.9 Å². The van der Waals surface area contributed by atoms with Crippen molar-refractivity contribution in [3.8, 4) is 11.5 Å². The molecule has 1 aliphatic heterocycles. The molecule has 0 atom stereocenters. The summed E-state index contributed by atoms with van der Waals surface area (Å²) in [5.41, 5.74) is 2.60. The van der Waals surface area contributed by atoms with Crippen LogP contribution in [0.1, 0.15) is 21.6 Å². The predicted molar refractivity (Wildman–Crippen MR) is 98.7 cm³/mol. The fraction of sp³-hybridized carbons (Fsp3) is 0.316. The van der Waals surface area contributed by atoms with Crippen molar-refractivity contribution in [3.63, 3.8) is 0 Å². The largest absolute Gasteiger partial charge is 0.493 e. The predicted octanol–water partition coefficient (Wildman–Crippen LogP) is 2.29. The van der Waals surface area contributed by atoms with E-state index in [4.69, 9.17) is 9.47 Å². The second-order valence-corrected chi connectivity index (χ2v) is 5.91. The number of hydrogen-bond donors (Lipinski definition) is 1. The lowest BCUT2D eigenvalue weighted by molar-refractivity contribution is 0.0728. The molecule has 7 heteroatoms. The van der Waals surface area contributed by atoms with E-state index in [1.807, 2.05) is 12.1 Å². The van der Waals surface area contributed by atoms with Gasteiger partial charge in [0.2, 0.25) is 0 Å². The fourth-order valence-corrected chi connectivity index (χ4v) is 2.97. The summed E-state index contributed by atoms with van der Waals surface area (Å²) in [6.45, 7) is 5.36. The number of hydrogen-bond acceptors (Lipinski definition) is 6. The van der Waals surface area contributed by atoms with Gasteiger partial charge in [-0.3, -0.25) is 4.79 Å². The van der Waals surface area contributed by atoms with E-state index in [0.717, 1.165) is 12.0 Å². The highest BCUT2D eigenvalue weighted by atomic mass is 16.5. The van der Waals surface area contributed by atoms with E-state index in [-0.39, 0.29) is 5.91 Å². The van der Waals surface area contributed by atoms with Gasteiger partial charge in [-0.15, -0.1) is 6.58 Å². The molecule has 0 saturated carbocycles. The minimum absolute atomic E-state index is 0.116. The first-order chi connectivity index (χ1) is 12.7. The average Bonchev–Trinajstić information content (AvgIpc) is 2.70. The van der Waals surface area contributed by atoms with E-state index >= 15 is 0 Å². The molecule has 0 spiro atoms. The highest BCUT2D eigenvalue weighted by molar-refractivity contribution is 5.93. The van der Waals surface area contributed by atoms with Crippen LogP contribution in [0.2, 0.25) is 0 Å². The Bertz CT molecular complexity index is 822. The Morgan fingerprint density at radius 3 is 2.65 bits per heavy atom. The minimum atomic E-state index is -0.116. The zero-order chi connectivity index (χ0) is 18.5. The molecule has 3 rings (SSSR count). The Balaban J connectivity index is 1.80. The Hall–Kier alpha value is -3.09. The van der Waals surface area contributed by atoms with Crippen LogP contribution in [0.4, 0.5) is 5.82 Å². The van der Waals surface area contributed by atoms with Crippen LogP contribution in [0.3, 0.4) is 0 Å². The molecule has 1 aromatic carbocycles. The Morgan fingerprint density at radius 2 is 1.96 bits per heavy atom. The highest BCUT2D eigenvalue weighted by Gasteiger charge is 2.24. The molecule has 0 radical (unpaired) electrons. The number of fused-ring (bicyclic) bond motifs is 1. The quantitative estimate of drug-likeness (QED) is 0.802. The van der Waals surface area contributed by atoms with Gasteiger partial charge in [0.25, 0.3) is 5.91 Å². The SMILES string of the molecule is C=CCNc1cc(C(=O)N2CCc3cc(OC)c(OC)cc3C2)ncn1. The molecule has 136 valence electrons. The van der Waals surface area contributed by atoms with Gasteiger partial charge in [0, 0.05) is 25.7 Å². The number of ether oxygens (including phenoxy) is 2. The topological polar surface area (TPSA) is 76.6 Å². The molecular weight excluding hydrogens is 332 g/mol. The van der Waals surface area contributed by atoms with Gasteiger partial charge in [-0.2, -0.15) is 0 Å². The summed E-state index contributed by atoms with van der Waals surface area (Å²) in [7, 11) is 3.23. The summed E-state index contributed by atoms with van der Waals surface area (Å²) in [6.07, 6.45) is 3.88. The number of anilines is 1. The number of aromatic nitrogens is 2. The average molecular weight is 354 g/mol. The Labute approximate surface area is 152 Å². The van der Waals surface area contributed by atoms with E-state index in [1.165, 1.54) is 11.9 Å². The summed E-state index contributed by atoms with van der Waals surface area (Å²) in [5, 5.41) is 3.07. The molecule has 7 nitrogen and oxygen atoms in total. The maximum absolute atomic E-state index is 12.8. The van der Waals surface area contributed by atoms with E-state index in [1.54, 1.807) is 31.3 Å². The highest BCUT2D eigenvalue weighted by Crippen LogP contribution is 2.33. The number of nitrogens with one attached hydrogen (secondary N) is 1. The summed E-state index contributed by atoms with van der Waals surface area (Å²) in [6, 6.07) is 5.58. The van der Waals surface area contributed by atoms with Crippen LogP contribution in [0.15, 0.2) is 37.2 Å². The monoisotopic (exact) mass is 354 g/mol. The van der Waals surface area contributed by atoms with E-state index < -0.39 is 0 Å². The smallest absolute Gasteiger partial charge is 0.272 e. The van der Waals surface area contributed by atoms with Gasteiger partial charge in [0.05, 0.1) is 14.2 Å². The van der Waals surface area contributed by atoms with Crippen molar-refractivity contribution >= 4 is 11.7 Å². The normalized spacial score (nSPS) is 12.9. The van der Waals surface area contributed by atoms with Crippen LogP contribution in [0.5, 0.6) is 11.5 Å². The van der Waals surface area contributed by atoms with Crippen LogP contribution in [-0.4, -0.2) is 48.1 Å². The van der Waals surface area contributed by atoms with Crippen molar-refractivity contribution in [2.75, 3.05) is 32.6 Å². The van der Waals surface area contributed by atoms with Gasteiger partial charge >= 0.3 is 0 Å². The van der Waals surface area contributed by atoms with Gasteiger partial charge in [-0.1, -0.05) is 6.08 Å². The van der Waals surface area contributed by atoms with Gasteiger partial charge in [-0.25, -0.2) is 9.97 Å². The maximum atomic E-state index is 12.8. The van der Waals surface area contributed by atoms with Crippen LogP contribution in [0.25, 0.3) is 0 Å². The van der Waals surface area contributed by atoms with Gasteiger partial charge in [-0.05, 0) is 29.7 Å². The molecule has 1 aliphatic rings. The van der Waals surface area contributed by atoms with Gasteiger partial charge < -0.3 is 19.7 Å². The van der Waals surface area contributed by atoms with Crippen molar-refractivity contribution in [1.29, 1.82) is 0 Å². The van der Waals surface area contributed by atoms with Crippen LogP contribution in [-0.2, 0) is 13.0 Å². The molecule has 26 heavy (non-hydrogen) atoms. The lowest BCUT2D eigenvalue weighted by Crippen LogP contribution is -2.36. The summed E-state index contributed by atoms with van der Waals surface area (Å²) < 4.78 is 10.7. The lowest BCUT2D eigenvalue weighted by atomic mass is 9.98. The Kier molecular flexibility index (Phi) is 5.36. The van der Waals surface area contributed by atoms with Crippen molar-refractivity contribution in [2.45, 2.75) is 13.0 Å². The molecule has 0 fully saturated rings. The molecule has 1 N–H and O–H groups in total. The second kappa shape index (κ2) is 7.86. The van der Waals surface area contributed by atoms with Crippen molar-refractivity contribution in [3.05, 3.63) is 54.0 Å². The zero-order valence-electron chi connectivity index (χ0n) is 15.0. The van der Waals surface area contributed by atoms with Crippen molar-refractivity contribution < 1.29 is 14.3 Å². The summed E-state index contributed by atoms with van der Waals surface area (Å²) in [4.78, 5) is 22.9. The molecule has 2 aromatic rings. The minimum Gasteiger partial charge on any atom is -0.493 e. The first-order valence-electron chi connectivity index (χ1n) is 8.36. The lowest BCUT2D eigenvalue weighted by Gasteiger charge is -2.29. The molecular formula is C19H22N4O3. The van der Waals surface area contributed by atoms with Gasteiger partial charge in [0.15, 0.2) is 11.5 Å². The first kappa shape index (κ1) is 17.7. The number of rotatable bonds is 6. The standard InChI is InChI=1S/C19H22N4O3/c1-4-6-20-18-10-15(21-12-22-18)19(24)23-7-5-13-8-16(25-2)17(26-3)9-14(13)11-23/h4,8-10,12H,1,5-7,11H2,2-3H3,(H,20,21,22). The number of nitrogens with zero attached hydrogens (tertiary/aromatic N) is 3. The molecule has 0 unspecified atom stereocenters. The number of methoxy groups -OCH3 is 2. The molecule has 0 bridgehead atoms. The molecule has 0 aliphatic carbocycles. The van der Waals surface area contributed by atoms with Gasteiger partial charge in [0.1, 0.15) is 17.8 Å². The summed E-state index contributed by atoms with van der Waals surface area (Å²) >= 11 is 0. The number of carbonyl (C=O) groups is 1. The van der Waals surface area contributed by atoms with Crippen LogP contribution >= 0.6 is 0 Å². The molecule has 0 saturated heterocycles. The number of benzene rings is 1. The Morgan fingerprint density at radius 1 is 1.23 bits per heavy atom. The third kappa shape index (κ3) is 3.61. The summed E-state index contributed by atoms with van der Waals surface area (Å²) in [5.74, 6) is 1.86. The molecule has 2 heterocycles. The second-order valence-electron chi connectivity index (χ2n) is 5.91.